The third-order valence-electron chi connectivity index (χ3n) is 4.81. The van der Waals surface area contributed by atoms with E-state index in [4.69, 9.17) is 9.72 Å². The number of hydrogen-bond donors (Lipinski definition) is 3. The molecule has 0 aliphatic carbocycles. The van der Waals surface area contributed by atoms with E-state index < -0.39 is 11.7 Å². The van der Waals surface area contributed by atoms with E-state index in [-0.39, 0.29) is 11.7 Å². The third kappa shape index (κ3) is 4.36. The lowest BCUT2D eigenvalue weighted by Crippen LogP contribution is -2.27. The number of phenols is 1. The van der Waals surface area contributed by atoms with Gasteiger partial charge >= 0.3 is 6.09 Å². The summed E-state index contributed by atoms with van der Waals surface area (Å²) in [6.07, 6.45) is 4.25. The molecule has 3 aromatic heterocycles. The van der Waals surface area contributed by atoms with Crippen molar-refractivity contribution in [3.8, 4) is 28.3 Å². The van der Waals surface area contributed by atoms with Gasteiger partial charge in [-0.2, -0.15) is 0 Å². The summed E-state index contributed by atoms with van der Waals surface area (Å²) in [4.78, 5) is 32.7. The van der Waals surface area contributed by atoms with E-state index in [0.29, 0.717) is 22.4 Å². The Hall–Kier alpha value is -4.01. The van der Waals surface area contributed by atoms with Gasteiger partial charge in [0.15, 0.2) is 5.65 Å². The highest BCUT2D eigenvalue weighted by Gasteiger charge is 2.17. The van der Waals surface area contributed by atoms with Gasteiger partial charge in [0, 0.05) is 29.1 Å². The minimum absolute atomic E-state index is 0.146. The molecule has 9 heteroatoms. The zero-order valence-electron chi connectivity index (χ0n) is 18.5. The van der Waals surface area contributed by atoms with E-state index >= 15 is 0 Å². The summed E-state index contributed by atoms with van der Waals surface area (Å²) in [6, 6.07) is 5.39. The number of rotatable bonds is 3. The summed E-state index contributed by atoms with van der Waals surface area (Å²) in [5, 5.41) is 12.6. The van der Waals surface area contributed by atoms with Crippen LogP contribution < -0.4 is 5.32 Å². The smallest absolute Gasteiger partial charge is 0.414 e. The van der Waals surface area contributed by atoms with Crippen LogP contribution in [0.15, 0.2) is 36.8 Å². The number of hydrogen-bond acceptors (Lipinski definition) is 7. The van der Waals surface area contributed by atoms with E-state index in [0.717, 1.165) is 22.4 Å². The minimum atomic E-state index is -0.616. The maximum Gasteiger partial charge on any atom is 0.414 e. The number of benzene rings is 1. The molecule has 0 saturated carbocycles. The molecular weight excluding hydrogens is 408 g/mol. The summed E-state index contributed by atoms with van der Waals surface area (Å²) >= 11 is 0. The van der Waals surface area contributed by atoms with Crippen molar-refractivity contribution in [3.63, 3.8) is 0 Å². The number of fused-ring (bicyclic) bond motifs is 1. The van der Waals surface area contributed by atoms with Crippen LogP contribution in [0, 0.1) is 13.8 Å². The minimum Gasteiger partial charge on any atom is -0.508 e. The van der Waals surface area contributed by atoms with Gasteiger partial charge in [0.2, 0.25) is 5.95 Å². The van der Waals surface area contributed by atoms with Crippen molar-refractivity contribution in [2.45, 2.75) is 40.2 Å². The average Bonchev–Trinajstić information content (AvgIpc) is 3.14. The first kappa shape index (κ1) is 21.2. The van der Waals surface area contributed by atoms with Crippen LogP contribution in [-0.4, -0.2) is 41.7 Å². The number of aryl methyl sites for hydroxylation is 1. The fraction of sp³-hybridized carbons (Fsp3) is 0.261. The van der Waals surface area contributed by atoms with Crippen molar-refractivity contribution in [2.24, 2.45) is 0 Å². The number of carbonyl (C=O) groups excluding carboxylic acids is 1. The number of amides is 1. The Bertz CT molecular complexity index is 1310. The number of aromatic hydroxyl groups is 1. The molecule has 1 aromatic carbocycles. The Morgan fingerprint density at radius 3 is 2.50 bits per heavy atom. The molecule has 0 aliphatic rings. The van der Waals surface area contributed by atoms with Crippen LogP contribution in [-0.2, 0) is 4.74 Å². The summed E-state index contributed by atoms with van der Waals surface area (Å²) in [5.74, 6) is 0.368. The first-order valence-electron chi connectivity index (χ1n) is 10.1. The van der Waals surface area contributed by atoms with Gasteiger partial charge in [-0.3, -0.25) is 5.32 Å². The molecule has 0 saturated heterocycles. The second kappa shape index (κ2) is 7.92. The molecule has 32 heavy (non-hydrogen) atoms. The summed E-state index contributed by atoms with van der Waals surface area (Å²) in [5.41, 5.74) is 5.46. The van der Waals surface area contributed by atoms with Crippen molar-refractivity contribution < 1.29 is 14.6 Å². The molecule has 0 aliphatic heterocycles. The first-order valence-corrected chi connectivity index (χ1v) is 10.1. The van der Waals surface area contributed by atoms with Crippen LogP contribution in [0.25, 0.3) is 33.7 Å². The van der Waals surface area contributed by atoms with Gasteiger partial charge in [-0.1, -0.05) is 6.07 Å². The summed E-state index contributed by atoms with van der Waals surface area (Å²) in [7, 11) is 0. The molecule has 3 N–H and O–H groups in total. The maximum absolute atomic E-state index is 11.9. The Labute approximate surface area is 184 Å². The monoisotopic (exact) mass is 432 g/mol. The standard InChI is InChI=1S/C23H24N6O3/c1-12-6-7-18(30)13(2)19(12)17-11-24-20-16(27-17)8-15(28-20)14-9-25-21(26-10-14)29-22(31)32-23(3,4)5/h6-11,30H,1-5H3,(H,24,28)(H,25,26,29,31). The highest BCUT2D eigenvalue weighted by molar-refractivity contribution is 5.84. The Balaban J connectivity index is 1.60. The number of aromatic nitrogens is 5. The summed E-state index contributed by atoms with van der Waals surface area (Å²) < 4.78 is 5.20. The zero-order chi connectivity index (χ0) is 23.0. The molecule has 1 amide bonds. The molecular formula is C23H24N6O3. The van der Waals surface area contributed by atoms with Crippen LogP contribution in [0.2, 0.25) is 0 Å². The fourth-order valence-electron chi connectivity index (χ4n) is 3.33. The van der Waals surface area contributed by atoms with E-state index in [1.165, 1.54) is 0 Å². The number of anilines is 1. The molecule has 4 aromatic rings. The largest absolute Gasteiger partial charge is 0.508 e. The van der Waals surface area contributed by atoms with Gasteiger partial charge < -0.3 is 14.8 Å². The molecule has 0 unspecified atom stereocenters. The maximum atomic E-state index is 11.9. The predicted molar refractivity (Wildman–Crippen MR) is 121 cm³/mol. The molecule has 164 valence electrons. The lowest BCUT2D eigenvalue weighted by atomic mass is 9.99. The molecule has 0 fully saturated rings. The van der Waals surface area contributed by atoms with Crippen LogP contribution in [0.4, 0.5) is 10.7 Å². The topological polar surface area (TPSA) is 126 Å². The predicted octanol–water partition coefficient (Wildman–Crippen LogP) is 4.75. The van der Waals surface area contributed by atoms with Gasteiger partial charge in [0.25, 0.3) is 0 Å². The average molecular weight is 432 g/mol. The number of carbonyl (C=O) groups is 1. The number of nitrogens with zero attached hydrogens (tertiary/aromatic N) is 4. The normalized spacial score (nSPS) is 11.5. The van der Waals surface area contributed by atoms with Crippen molar-refractivity contribution in [1.29, 1.82) is 0 Å². The molecule has 4 rings (SSSR count). The Kier molecular flexibility index (Phi) is 5.25. The van der Waals surface area contributed by atoms with E-state index in [1.54, 1.807) is 45.4 Å². The number of nitrogens with one attached hydrogen (secondary N) is 2. The van der Waals surface area contributed by atoms with Gasteiger partial charge in [0.1, 0.15) is 16.9 Å². The van der Waals surface area contributed by atoms with Gasteiger partial charge in [-0.25, -0.2) is 24.7 Å². The van der Waals surface area contributed by atoms with Crippen LogP contribution in [0.3, 0.4) is 0 Å². The second-order valence-electron chi connectivity index (χ2n) is 8.50. The Morgan fingerprint density at radius 1 is 1.09 bits per heavy atom. The van der Waals surface area contributed by atoms with E-state index in [1.807, 2.05) is 26.0 Å². The number of ether oxygens (including phenoxy) is 1. The Morgan fingerprint density at radius 2 is 1.81 bits per heavy atom. The molecule has 0 atom stereocenters. The zero-order valence-corrected chi connectivity index (χ0v) is 18.5. The van der Waals surface area contributed by atoms with E-state index in [9.17, 15) is 9.90 Å². The van der Waals surface area contributed by atoms with Crippen molar-refractivity contribution >= 4 is 23.2 Å². The van der Waals surface area contributed by atoms with Crippen LogP contribution >= 0.6 is 0 Å². The SMILES string of the molecule is Cc1ccc(O)c(C)c1-c1cnc2[nH]c(-c3cnc(NC(=O)OC(C)(C)C)nc3)cc2n1. The van der Waals surface area contributed by atoms with Crippen LogP contribution in [0.5, 0.6) is 5.75 Å². The third-order valence-corrected chi connectivity index (χ3v) is 4.81. The number of phenolic OH excluding ortho intramolecular Hbond substituents is 1. The molecule has 0 spiro atoms. The van der Waals surface area contributed by atoms with Crippen molar-refractivity contribution in [3.05, 3.63) is 47.9 Å². The van der Waals surface area contributed by atoms with Crippen molar-refractivity contribution in [1.82, 2.24) is 24.9 Å². The lowest BCUT2D eigenvalue weighted by molar-refractivity contribution is 0.0634. The molecule has 0 bridgehead atoms. The van der Waals surface area contributed by atoms with Gasteiger partial charge in [0.05, 0.1) is 17.6 Å². The highest BCUT2D eigenvalue weighted by Crippen LogP contribution is 2.32. The highest BCUT2D eigenvalue weighted by atomic mass is 16.6. The second-order valence-corrected chi connectivity index (χ2v) is 8.50. The number of aromatic amines is 1. The fourth-order valence-corrected chi connectivity index (χ4v) is 3.33. The van der Waals surface area contributed by atoms with Gasteiger partial charge in [-0.05, 0) is 52.3 Å². The van der Waals surface area contributed by atoms with Crippen molar-refractivity contribution in [2.75, 3.05) is 5.32 Å². The summed E-state index contributed by atoms with van der Waals surface area (Å²) in [6.45, 7) is 9.17. The molecule has 9 nitrogen and oxygen atoms in total. The lowest BCUT2D eigenvalue weighted by Gasteiger charge is -2.19. The molecule has 3 heterocycles. The molecule has 0 radical (unpaired) electrons. The number of H-pyrrole nitrogens is 1. The van der Waals surface area contributed by atoms with Crippen LogP contribution in [0.1, 0.15) is 31.9 Å². The first-order chi connectivity index (χ1) is 15.1. The van der Waals surface area contributed by atoms with E-state index in [2.05, 4.69) is 25.3 Å². The quantitative estimate of drug-likeness (QED) is 0.426. The van der Waals surface area contributed by atoms with Gasteiger partial charge in [-0.15, -0.1) is 0 Å².